The molecule has 3 aromatic carbocycles. The van der Waals surface area contributed by atoms with E-state index in [4.69, 9.17) is 4.74 Å². The van der Waals surface area contributed by atoms with Gasteiger partial charge in [-0.2, -0.15) is 0 Å². The molecule has 0 radical (unpaired) electrons. The Hall–Kier alpha value is -2.74. The van der Waals surface area contributed by atoms with E-state index < -0.39 is 0 Å². The fraction of sp³-hybridized carbons (Fsp3) is 0.100. The Balaban J connectivity index is 2.08. The molecule has 3 rings (SSSR count). The van der Waals surface area contributed by atoms with E-state index in [1.54, 1.807) is 0 Å². The lowest BCUT2D eigenvalue weighted by molar-refractivity contribution is 0.512. The zero-order valence-electron chi connectivity index (χ0n) is 12.8. The van der Waals surface area contributed by atoms with Crippen molar-refractivity contribution in [2.24, 2.45) is 0 Å². The van der Waals surface area contributed by atoms with Gasteiger partial charge in [-0.25, -0.2) is 0 Å². The quantitative estimate of drug-likeness (QED) is 0.695. The minimum absolute atomic E-state index is 0.847. The molecular weight excluding hydrogens is 270 g/mol. The van der Waals surface area contributed by atoms with Crippen molar-refractivity contribution in [3.05, 3.63) is 84.1 Å². The van der Waals surface area contributed by atoms with Crippen molar-refractivity contribution in [2.45, 2.75) is 6.92 Å². The molecule has 0 heterocycles. The first-order valence-electron chi connectivity index (χ1n) is 7.39. The molecule has 0 bridgehead atoms. The Bertz CT molecular complexity index is 801. The summed E-state index contributed by atoms with van der Waals surface area (Å²) in [7, 11) is 1.91. The summed E-state index contributed by atoms with van der Waals surface area (Å²) in [5, 5.41) is 5.48. The third-order valence-corrected chi connectivity index (χ3v) is 3.71. The molecule has 22 heavy (non-hydrogen) atoms. The van der Waals surface area contributed by atoms with Crippen molar-refractivity contribution < 1.29 is 4.74 Å². The lowest BCUT2D eigenvalue weighted by Gasteiger charge is -2.15. The lowest BCUT2D eigenvalue weighted by atomic mass is 10.1. The number of fused-ring (bicyclic) bond motifs is 1. The summed E-state index contributed by atoms with van der Waals surface area (Å²) in [6.07, 6.45) is 0. The van der Waals surface area contributed by atoms with E-state index in [0.717, 1.165) is 28.2 Å². The molecule has 1 N–H and O–H groups in total. The molecule has 0 aliphatic rings. The number of rotatable bonds is 4. The van der Waals surface area contributed by atoms with E-state index in [1.165, 1.54) is 5.39 Å². The molecular formula is C20H19NO. The van der Waals surface area contributed by atoms with Crippen molar-refractivity contribution in [3.8, 4) is 5.75 Å². The van der Waals surface area contributed by atoms with Crippen LogP contribution in [0.4, 0.5) is 0 Å². The van der Waals surface area contributed by atoms with Gasteiger partial charge >= 0.3 is 0 Å². The van der Waals surface area contributed by atoms with Gasteiger partial charge in [-0.1, -0.05) is 66.7 Å². The molecule has 2 nitrogen and oxygen atoms in total. The molecule has 0 saturated carbocycles. The van der Waals surface area contributed by atoms with Gasteiger partial charge < -0.3 is 10.1 Å². The lowest BCUT2D eigenvalue weighted by Crippen LogP contribution is -2.09. The topological polar surface area (TPSA) is 21.3 Å². The Morgan fingerprint density at radius 1 is 0.818 bits per heavy atom. The normalized spacial score (nSPS) is 11.9. The summed E-state index contributed by atoms with van der Waals surface area (Å²) in [5.74, 6) is 1.71. The molecule has 0 amide bonds. The van der Waals surface area contributed by atoms with E-state index in [0.29, 0.717) is 0 Å². The van der Waals surface area contributed by atoms with Gasteiger partial charge in [0.1, 0.15) is 5.75 Å². The summed E-state index contributed by atoms with van der Waals surface area (Å²) < 4.78 is 6.28. The molecule has 110 valence electrons. The van der Waals surface area contributed by atoms with Crippen LogP contribution in [0.1, 0.15) is 12.5 Å². The van der Waals surface area contributed by atoms with E-state index >= 15 is 0 Å². The number of hydrogen-bond acceptors (Lipinski definition) is 2. The second-order valence-corrected chi connectivity index (χ2v) is 5.15. The summed E-state index contributed by atoms with van der Waals surface area (Å²) in [5.41, 5.74) is 2.06. The van der Waals surface area contributed by atoms with Crippen LogP contribution in [0.2, 0.25) is 0 Å². The summed E-state index contributed by atoms with van der Waals surface area (Å²) >= 11 is 0. The number of benzene rings is 3. The smallest absolute Gasteiger partial charge is 0.153 e. The van der Waals surface area contributed by atoms with Crippen LogP contribution in [0.5, 0.6) is 5.75 Å². The van der Waals surface area contributed by atoms with Crippen LogP contribution in [0, 0.1) is 0 Å². The van der Waals surface area contributed by atoms with Gasteiger partial charge in [0.15, 0.2) is 5.76 Å². The average molecular weight is 289 g/mol. The number of ether oxygens (including phenoxy) is 1. The molecule has 0 atom stereocenters. The summed E-state index contributed by atoms with van der Waals surface area (Å²) in [6.45, 7) is 2.02. The Kier molecular flexibility index (Phi) is 4.10. The monoisotopic (exact) mass is 289 g/mol. The predicted molar refractivity (Wildman–Crippen MR) is 92.7 cm³/mol. The van der Waals surface area contributed by atoms with Crippen LogP contribution in [0.3, 0.4) is 0 Å². The Labute approximate surface area is 131 Å². The van der Waals surface area contributed by atoms with Gasteiger partial charge in [0.05, 0.1) is 5.70 Å². The SMILES string of the molecule is CNC(C)=C(Oc1cccc2ccccc12)c1ccccc1. The van der Waals surface area contributed by atoms with E-state index in [-0.39, 0.29) is 0 Å². The van der Waals surface area contributed by atoms with E-state index in [9.17, 15) is 0 Å². The van der Waals surface area contributed by atoms with Crippen LogP contribution < -0.4 is 10.1 Å². The van der Waals surface area contributed by atoms with Gasteiger partial charge in [0, 0.05) is 18.0 Å². The van der Waals surface area contributed by atoms with Crippen LogP contribution in [0.25, 0.3) is 16.5 Å². The first-order valence-corrected chi connectivity index (χ1v) is 7.39. The third kappa shape index (κ3) is 2.82. The van der Waals surface area contributed by atoms with Crippen molar-refractivity contribution in [1.29, 1.82) is 0 Å². The van der Waals surface area contributed by atoms with Crippen molar-refractivity contribution in [1.82, 2.24) is 5.32 Å². The molecule has 3 aromatic rings. The van der Waals surface area contributed by atoms with Gasteiger partial charge in [0.2, 0.25) is 0 Å². The minimum atomic E-state index is 0.847. The standard InChI is InChI=1S/C20H19NO/c1-15(21-2)20(17-10-4-3-5-11-17)22-19-14-8-12-16-9-6-7-13-18(16)19/h3-14,21H,1-2H3. The van der Waals surface area contributed by atoms with Gasteiger partial charge in [-0.15, -0.1) is 0 Å². The zero-order valence-corrected chi connectivity index (χ0v) is 12.8. The predicted octanol–water partition coefficient (Wildman–Crippen LogP) is 4.83. The first kappa shape index (κ1) is 14.2. The maximum Gasteiger partial charge on any atom is 0.153 e. The van der Waals surface area contributed by atoms with Crippen molar-refractivity contribution >= 4 is 16.5 Å². The Morgan fingerprint density at radius 3 is 2.27 bits per heavy atom. The fourth-order valence-electron chi connectivity index (χ4n) is 2.45. The molecule has 0 spiro atoms. The van der Waals surface area contributed by atoms with E-state index in [1.807, 2.05) is 56.4 Å². The highest BCUT2D eigenvalue weighted by atomic mass is 16.5. The second-order valence-electron chi connectivity index (χ2n) is 5.15. The van der Waals surface area contributed by atoms with Crippen LogP contribution in [-0.4, -0.2) is 7.05 Å². The van der Waals surface area contributed by atoms with Crippen molar-refractivity contribution in [3.63, 3.8) is 0 Å². The van der Waals surface area contributed by atoms with Crippen LogP contribution in [-0.2, 0) is 0 Å². The summed E-state index contributed by atoms with van der Waals surface area (Å²) in [4.78, 5) is 0. The van der Waals surface area contributed by atoms with Crippen molar-refractivity contribution in [2.75, 3.05) is 7.05 Å². The van der Waals surface area contributed by atoms with Gasteiger partial charge in [-0.3, -0.25) is 0 Å². The second kappa shape index (κ2) is 6.35. The molecule has 0 aliphatic heterocycles. The van der Waals surface area contributed by atoms with Gasteiger partial charge in [0.25, 0.3) is 0 Å². The molecule has 2 heteroatoms. The largest absolute Gasteiger partial charge is 0.454 e. The molecule has 0 aliphatic carbocycles. The molecule has 0 aromatic heterocycles. The fourth-order valence-corrected chi connectivity index (χ4v) is 2.45. The minimum Gasteiger partial charge on any atom is -0.454 e. The average Bonchev–Trinajstić information content (AvgIpc) is 2.60. The number of hydrogen-bond donors (Lipinski definition) is 1. The molecule has 0 unspecified atom stereocenters. The van der Waals surface area contributed by atoms with Gasteiger partial charge in [-0.05, 0) is 18.4 Å². The van der Waals surface area contributed by atoms with Crippen LogP contribution in [0.15, 0.2) is 78.5 Å². The number of allylic oxidation sites excluding steroid dienone is 1. The molecule has 0 saturated heterocycles. The number of nitrogens with one attached hydrogen (secondary N) is 1. The maximum absolute atomic E-state index is 6.28. The van der Waals surface area contributed by atoms with Crippen LogP contribution >= 0.6 is 0 Å². The Morgan fingerprint density at radius 2 is 1.50 bits per heavy atom. The van der Waals surface area contributed by atoms with E-state index in [2.05, 4.69) is 35.6 Å². The zero-order chi connectivity index (χ0) is 15.4. The highest BCUT2D eigenvalue weighted by Crippen LogP contribution is 2.30. The first-order chi connectivity index (χ1) is 10.8. The third-order valence-electron chi connectivity index (χ3n) is 3.71. The molecule has 0 fully saturated rings. The summed E-state index contributed by atoms with van der Waals surface area (Å²) in [6, 6.07) is 24.5. The highest BCUT2D eigenvalue weighted by molar-refractivity contribution is 5.89. The maximum atomic E-state index is 6.28. The highest BCUT2D eigenvalue weighted by Gasteiger charge is 2.10.